The number of carbonyl (C=O) groups is 1. The lowest BCUT2D eigenvalue weighted by Crippen LogP contribution is -2.44. The van der Waals surface area contributed by atoms with E-state index in [9.17, 15) is 4.79 Å². The lowest BCUT2D eigenvalue weighted by atomic mass is 9.81. The number of piperidine rings is 1. The maximum absolute atomic E-state index is 13.0. The number of rotatable bonds is 3. The second-order valence-electron chi connectivity index (χ2n) is 6.49. The van der Waals surface area contributed by atoms with Crippen molar-refractivity contribution in [3.05, 3.63) is 35.4 Å². The largest absolute Gasteiger partial charge is 0.342 e. The molecule has 0 radical (unpaired) electrons. The Hall–Kier alpha value is -1.35. The van der Waals surface area contributed by atoms with Crippen LogP contribution in [0.25, 0.3) is 0 Å². The molecule has 1 heterocycles. The minimum atomic E-state index is 0.100. The molecule has 1 amide bonds. The number of likely N-dealkylation sites (tertiary alicyclic amines) is 1. The Bertz CT molecular complexity index is 498. The summed E-state index contributed by atoms with van der Waals surface area (Å²) in [5, 5.41) is 3.25. The molecule has 1 N–H and O–H groups in total. The van der Waals surface area contributed by atoms with Crippen molar-refractivity contribution < 1.29 is 4.79 Å². The van der Waals surface area contributed by atoms with Crippen molar-refractivity contribution in [2.75, 3.05) is 26.7 Å². The summed E-state index contributed by atoms with van der Waals surface area (Å²) in [5.41, 5.74) is 2.66. The Morgan fingerprint density at radius 3 is 3.00 bits per heavy atom. The predicted octanol–water partition coefficient (Wildman–Crippen LogP) is 2.56. The molecule has 1 saturated heterocycles. The summed E-state index contributed by atoms with van der Waals surface area (Å²) in [5.74, 6) is 1.08. The van der Waals surface area contributed by atoms with Crippen molar-refractivity contribution in [3.63, 3.8) is 0 Å². The van der Waals surface area contributed by atoms with Crippen molar-refractivity contribution in [1.29, 1.82) is 0 Å². The molecule has 0 saturated carbocycles. The van der Waals surface area contributed by atoms with Gasteiger partial charge in [0.05, 0.1) is 5.92 Å². The van der Waals surface area contributed by atoms with Gasteiger partial charge in [-0.1, -0.05) is 24.3 Å². The van der Waals surface area contributed by atoms with Crippen LogP contribution in [-0.2, 0) is 11.2 Å². The van der Waals surface area contributed by atoms with Gasteiger partial charge in [0.15, 0.2) is 0 Å². The molecule has 1 aliphatic heterocycles. The van der Waals surface area contributed by atoms with Gasteiger partial charge in [-0.25, -0.2) is 0 Å². The summed E-state index contributed by atoms with van der Waals surface area (Å²) in [6, 6.07) is 8.51. The molecule has 3 nitrogen and oxygen atoms in total. The van der Waals surface area contributed by atoms with Crippen molar-refractivity contribution in [1.82, 2.24) is 10.2 Å². The van der Waals surface area contributed by atoms with Crippen molar-refractivity contribution in [3.8, 4) is 0 Å². The quantitative estimate of drug-likeness (QED) is 0.926. The molecule has 1 fully saturated rings. The number of aryl methyl sites for hydroxylation is 1. The summed E-state index contributed by atoms with van der Waals surface area (Å²) < 4.78 is 0. The first kappa shape index (κ1) is 14.6. The van der Waals surface area contributed by atoms with E-state index in [1.807, 2.05) is 7.05 Å². The molecule has 0 aromatic heterocycles. The predicted molar refractivity (Wildman–Crippen MR) is 85.4 cm³/mol. The molecular weight excluding hydrogens is 260 g/mol. The number of amides is 1. The monoisotopic (exact) mass is 286 g/mol. The van der Waals surface area contributed by atoms with Gasteiger partial charge in [-0.05, 0) is 62.7 Å². The lowest BCUT2D eigenvalue weighted by Gasteiger charge is -2.36. The molecule has 2 aliphatic rings. The number of hydrogen-bond acceptors (Lipinski definition) is 2. The van der Waals surface area contributed by atoms with Crippen molar-refractivity contribution >= 4 is 5.91 Å². The third-order valence-corrected chi connectivity index (χ3v) is 4.99. The Morgan fingerprint density at radius 1 is 1.29 bits per heavy atom. The molecular formula is C18H26N2O. The number of hydrogen-bond donors (Lipinski definition) is 1. The highest BCUT2D eigenvalue weighted by molar-refractivity contribution is 5.84. The fourth-order valence-corrected chi connectivity index (χ4v) is 3.95. The average Bonchev–Trinajstić information content (AvgIpc) is 2.54. The van der Waals surface area contributed by atoms with E-state index in [-0.39, 0.29) is 5.92 Å². The van der Waals surface area contributed by atoms with E-state index in [0.717, 1.165) is 45.3 Å². The van der Waals surface area contributed by atoms with Crippen LogP contribution >= 0.6 is 0 Å². The second-order valence-corrected chi connectivity index (χ2v) is 6.49. The summed E-state index contributed by atoms with van der Waals surface area (Å²) >= 11 is 0. The minimum Gasteiger partial charge on any atom is -0.342 e. The molecule has 0 spiro atoms. The summed E-state index contributed by atoms with van der Waals surface area (Å²) in [7, 11) is 2.00. The van der Waals surface area contributed by atoms with E-state index in [1.165, 1.54) is 17.5 Å². The first-order chi connectivity index (χ1) is 10.3. The molecule has 0 bridgehead atoms. The van der Waals surface area contributed by atoms with Gasteiger partial charge < -0.3 is 10.2 Å². The highest BCUT2D eigenvalue weighted by Gasteiger charge is 2.32. The first-order valence-corrected chi connectivity index (χ1v) is 8.30. The lowest BCUT2D eigenvalue weighted by molar-refractivity contribution is -0.135. The van der Waals surface area contributed by atoms with E-state index in [0.29, 0.717) is 11.8 Å². The van der Waals surface area contributed by atoms with Gasteiger partial charge in [-0.15, -0.1) is 0 Å². The van der Waals surface area contributed by atoms with Crippen molar-refractivity contribution in [2.24, 2.45) is 5.92 Å². The van der Waals surface area contributed by atoms with Gasteiger partial charge in [0.2, 0.25) is 5.91 Å². The standard InChI is InChI=1S/C18H26N2O/c1-19-12-14-6-5-11-20(13-14)18(21)17-10-4-8-15-7-2-3-9-16(15)17/h2-3,7,9,14,17,19H,4-6,8,10-13H2,1H3. The Labute approximate surface area is 127 Å². The van der Waals surface area contributed by atoms with E-state index in [2.05, 4.69) is 34.5 Å². The normalized spacial score (nSPS) is 25.5. The molecule has 1 aliphatic carbocycles. The van der Waals surface area contributed by atoms with Crippen LogP contribution in [0.4, 0.5) is 0 Å². The summed E-state index contributed by atoms with van der Waals surface area (Å²) in [6.07, 6.45) is 5.67. The fourth-order valence-electron chi connectivity index (χ4n) is 3.95. The molecule has 2 atom stereocenters. The van der Waals surface area contributed by atoms with E-state index in [1.54, 1.807) is 0 Å². The molecule has 3 rings (SSSR count). The van der Waals surface area contributed by atoms with Gasteiger partial charge in [0.25, 0.3) is 0 Å². The summed E-state index contributed by atoms with van der Waals surface area (Å²) in [6.45, 7) is 2.89. The van der Waals surface area contributed by atoms with Gasteiger partial charge in [-0.3, -0.25) is 4.79 Å². The maximum atomic E-state index is 13.0. The fraction of sp³-hybridized carbons (Fsp3) is 0.611. The number of benzene rings is 1. The first-order valence-electron chi connectivity index (χ1n) is 8.30. The molecule has 21 heavy (non-hydrogen) atoms. The Balaban J connectivity index is 1.74. The van der Waals surface area contributed by atoms with E-state index in [4.69, 9.17) is 0 Å². The average molecular weight is 286 g/mol. The van der Waals surface area contributed by atoms with E-state index >= 15 is 0 Å². The molecule has 2 unspecified atom stereocenters. The van der Waals surface area contributed by atoms with Crippen LogP contribution in [0.3, 0.4) is 0 Å². The van der Waals surface area contributed by atoms with Crippen LogP contribution in [0.2, 0.25) is 0 Å². The van der Waals surface area contributed by atoms with E-state index < -0.39 is 0 Å². The van der Waals surface area contributed by atoms with Crippen LogP contribution in [-0.4, -0.2) is 37.5 Å². The van der Waals surface area contributed by atoms with Crippen LogP contribution < -0.4 is 5.32 Å². The van der Waals surface area contributed by atoms with Crippen LogP contribution in [0, 0.1) is 5.92 Å². The van der Waals surface area contributed by atoms with Crippen LogP contribution in [0.1, 0.15) is 42.7 Å². The molecule has 1 aromatic rings. The zero-order valence-electron chi connectivity index (χ0n) is 13.0. The number of fused-ring (bicyclic) bond motifs is 1. The topological polar surface area (TPSA) is 32.3 Å². The van der Waals surface area contributed by atoms with Gasteiger partial charge in [0, 0.05) is 13.1 Å². The van der Waals surface area contributed by atoms with Crippen LogP contribution in [0.15, 0.2) is 24.3 Å². The van der Waals surface area contributed by atoms with Crippen molar-refractivity contribution in [2.45, 2.75) is 38.0 Å². The Kier molecular flexibility index (Phi) is 4.59. The zero-order chi connectivity index (χ0) is 14.7. The van der Waals surface area contributed by atoms with Gasteiger partial charge in [0.1, 0.15) is 0 Å². The van der Waals surface area contributed by atoms with Gasteiger partial charge >= 0.3 is 0 Å². The number of nitrogens with one attached hydrogen (secondary N) is 1. The SMILES string of the molecule is CNCC1CCCN(C(=O)C2CCCc3ccccc32)C1. The maximum Gasteiger partial charge on any atom is 0.230 e. The summed E-state index contributed by atoms with van der Waals surface area (Å²) in [4.78, 5) is 15.1. The third-order valence-electron chi connectivity index (χ3n) is 4.99. The van der Waals surface area contributed by atoms with Gasteiger partial charge in [-0.2, -0.15) is 0 Å². The third kappa shape index (κ3) is 3.13. The molecule has 3 heteroatoms. The van der Waals surface area contributed by atoms with Crippen LogP contribution in [0.5, 0.6) is 0 Å². The number of carbonyl (C=O) groups excluding carboxylic acids is 1. The smallest absolute Gasteiger partial charge is 0.230 e. The second kappa shape index (κ2) is 6.61. The molecule has 114 valence electrons. The number of nitrogens with zero attached hydrogens (tertiary/aromatic N) is 1. The highest BCUT2D eigenvalue weighted by atomic mass is 16.2. The Morgan fingerprint density at radius 2 is 2.14 bits per heavy atom. The highest BCUT2D eigenvalue weighted by Crippen LogP contribution is 2.33. The zero-order valence-corrected chi connectivity index (χ0v) is 13.0. The molecule has 1 aromatic carbocycles. The minimum absolute atomic E-state index is 0.100.